The van der Waals surface area contributed by atoms with Crippen LogP contribution in [-0.2, 0) is 0 Å². The molecular weight excluding hydrogens is 240 g/mol. The number of aryl methyl sites for hydroxylation is 2. The summed E-state index contributed by atoms with van der Waals surface area (Å²) in [5.74, 6) is 0.458. The van der Waals surface area contributed by atoms with Crippen LogP contribution in [0.25, 0.3) is 0 Å². The van der Waals surface area contributed by atoms with Gasteiger partial charge in [0.25, 0.3) is 0 Å². The van der Waals surface area contributed by atoms with Crippen molar-refractivity contribution < 1.29 is 0 Å². The summed E-state index contributed by atoms with van der Waals surface area (Å²) in [6.07, 6.45) is 0. The molecule has 96 valence electrons. The molecule has 1 aromatic heterocycles. The lowest BCUT2D eigenvalue weighted by molar-refractivity contribution is 0.789. The van der Waals surface area contributed by atoms with Gasteiger partial charge in [-0.05, 0) is 36.5 Å². The first-order valence-corrected chi connectivity index (χ1v) is 7.15. The highest BCUT2D eigenvalue weighted by Crippen LogP contribution is 2.29. The third-order valence-corrected chi connectivity index (χ3v) is 4.20. The Morgan fingerprint density at radius 2 is 1.78 bits per heavy atom. The van der Waals surface area contributed by atoms with Crippen molar-refractivity contribution in [3.63, 3.8) is 0 Å². The van der Waals surface area contributed by atoms with Crippen LogP contribution in [0.3, 0.4) is 0 Å². The second-order valence-corrected chi connectivity index (χ2v) is 5.94. The zero-order valence-electron chi connectivity index (χ0n) is 11.4. The summed E-state index contributed by atoms with van der Waals surface area (Å²) in [7, 11) is 0. The fourth-order valence-corrected chi connectivity index (χ4v) is 3.14. The maximum atomic E-state index is 6.38. The number of hydrogen-bond donors (Lipinski definition) is 1. The molecule has 2 rings (SSSR count). The molecular formula is C15H20N2S. The zero-order valence-corrected chi connectivity index (χ0v) is 12.2. The average molecular weight is 260 g/mol. The predicted octanol–water partition coefficient (Wildman–Crippen LogP) is 3.93. The van der Waals surface area contributed by atoms with Crippen LogP contribution in [0.2, 0.25) is 0 Å². The number of thiazole rings is 1. The maximum absolute atomic E-state index is 6.38. The van der Waals surface area contributed by atoms with E-state index in [0.717, 1.165) is 10.7 Å². The fraction of sp³-hybridized carbons (Fsp3) is 0.400. The molecule has 1 atom stereocenters. The molecule has 2 aromatic rings. The van der Waals surface area contributed by atoms with Gasteiger partial charge in [-0.15, -0.1) is 11.3 Å². The van der Waals surface area contributed by atoms with E-state index in [-0.39, 0.29) is 6.04 Å². The monoisotopic (exact) mass is 260 g/mol. The molecule has 1 unspecified atom stereocenters. The third kappa shape index (κ3) is 2.47. The molecule has 1 aromatic carbocycles. The molecule has 0 saturated carbocycles. The van der Waals surface area contributed by atoms with Crippen molar-refractivity contribution in [2.45, 2.75) is 39.7 Å². The van der Waals surface area contributed by atoms with Crippen LogP contribution >= 0.6 is 11.3 Å². The van der Waals surface area contributed by atoms with E-state index >= 15 is 0 Å². The minimum Gasteiger partial charge on any atom is -0.318 e. The molecule has 0 aliphatic heterocycles. The Bertz CT molecular complexity index is 523. The van der Waals surface area contributed by atoms with Gasteiger partial charge < -0.3 is 5.73 Å². The van der Waals surface area contributed by atoms with Crippen molar-refractivity contribution in [2.75, 3.05) is 0 Å². The van der Waals surface area contributed by atoms with Crippen LogP contribution in [0.1, 0.15) is 53.2 Å². The van der Waals surface area contributed by atoms with Crippen molar-refractivity contribution in [1.82, 2.24) is 4.98 Å². The van der Waals surface area contributed by atoms with E-state index in [1.165, 1.54) is 16.7 Å². The Balaban J connectivity index is 2.38. The molecule has 18 heavy (non-hydrogen) atoms. The minimum atomic E-state index is -0.108. The van der Waals surface area contributed by atoms with Crippen LogP contribution in [0, 0.1) is 13.8 Å². The first kappa shape index (κ1) is 13.2. The molecule has 2 nitrogen and oxygen atoms in total. The lowest BCUT2D eigenvalue weighted by Crippen LogP contribution is -2.14. The van der Waals surface area contributed by atoms with Crippen LogP contribution in [0.15, 0.2) is 23.6 Å². The summed E-state index contributed by atoms with van der Waals surface area (Å²) in [6.45, 7) is 8.53. The largest absolute Gasteiger partial charge is 0.318 e. The quantitative estimate of drug-likeness (QED) is 0.908. The average Bonchev–Trinajstić information content (AvgIpc) is 2.77. The van der Waals surface area contributed by atoms with Gasteiger partial charge in [0.15, 0.2) is 0 Å². The summed E-state index contributed by atoms with van der Waals surface area (Å²) in [4.78, 5) is 4.66. The van der Waals surface area contributed by atoms with E-state index < -0.39 is 0 Å². The standard InChI is InChI=1S/C15H20N2S/c1-9(2)12-8-18-15(17-12)14(16)13-10(3)6-5-7-11(13)4/h5-9,14H,16H2,1-4H3. The van der Waals surface area contributed by atoms with Gasteiger partial charge in [0.05, 0.1) is 11.7 Å². The van der Waals surface area contributed by atoms with E-state index in [0.29, 0.717) is 5.92 Å². The van der Waals surface area contributed by atoms with Gasteiger partial charge in [-0.2, -0.15) is 0 Å². The van der Waals surface area contributed by atoms with Gasteiger partial charge in [0.2, 0.25) is 0 Å². The Kier molecular flexibility index (Phi) is 3.83. The summed E-state index contributed by atoms with van der Waals surface area (Å²) < 4.78 is 0. The molecule has 0 amide bonds. The van der Waals surface area contributed by atoms with Gasteiger partial charge in [0, 0.05) is 5.38 Å². The van der Waals surface area contributed by atoms with Crippen LogP contribution in [-0.4, -0.2) is 4.98 Å². The Morgan fingerprint density at radius 1 is 1.17 bits per heavy atom. The number of aromatic nitrogens is 1. The molecule has 0 bridgehead atoms. The lowest BCUT2D eigenvalue weighted by Gasteiger charge is -2.15. The molecule has 0 fully saturated rings. The summed E-state index contributed by atoms with van der Waals surface area (Å²) in [5, 5.41) is 3.13. The van der Waals surface area contributed by atoms with Crippen LogP contribution in [0.5, 0.6) is 0 Å². The number of nitrogens with zero attached hydrogens (tertiary/aromatic N) is 1. The highest BCUT2D eigenvalue weighted by atomic mass is 32.1. The molecule has 2 N–H and O–H groups in total. The number of nitrogens with two attached hydrogens (primary N) is 1. The fourth-order valence-electron chi connectivity index (χ4n) is 2.15. The van der Waals surface area contributed by atoms with Crippen molar-refractivity contribution in [3.05, 3.63) is 51.0 Å². The van der Waals surface area contributed by atoms with Gasteiger partial charge in [-0.3, -0.25) is 0 Å². The number of hydrogen-bond acceptors (Lipinski definition) is 3. The van der Waals surface area contributed by atoms with E-state index in [4.69, 9.17) is 5.73 Å². The Morgan fingerprint density at radius 3 is 2.28 bits per heavy atom. The summed E-state index contributed by atoms with van der Waals surface area (Å²) in [6, 6.07) is 6.18. The smallest absolute Gasteiger partial charge is 0.114 e. The molecule has 0 spiro atoms. The maximum Gasteiger partial charge on any atom is 0.114 e. The first-order chi connectivity index (χ1) is 8.50. The predicted molar refractivity (Wildman–Crippen MR) is 78.1 cm³/mol. The Labute approximate surface area is 113 Å². The van der Waals surface area contributed by atoms with Crippen molar-refractivity contribution in [2.24, 2.45) is 5.73 Å². The second-order valence-electron chi connectivity index (χ2n) is 5.05. The Hall–Kier alpha value is -1.19. The van der Waals surface area contributed by atoms with E-state index in [1.807, 2.05) is 0 Å². The van der Waals surface area contributed by atoms with Crippen LogP contribution < -0.4 is 5.73 Å². The number of rotatable bonds is 3. The van der Waals surface area contributed by atoms with E-state index in [2.05, 4.69) is 56.3 Å². The normalized spacial score (nSPS) is 13.0. The van der Waals surface area contributed by atoms with Crippen molar-refractivity contribution in [1.29, 1.82) is 0 Å². The van der Waals surface area contributed by atoms with Crippen molar-refractivity contribution in [3.8, 4) is 0 Å². The minimum absolute atomic E-state index is 0.108. The highest BCUT2D eigenvalue weighted by Gasteiger charge is 2.17. The van der Waals surface area contributed by atoms with Gasteiger partial charge >= 0.3 is 0 Å². The highest BCUT2D eigenvalue weighted by molar-refractivity contribution is 7.09. The first-order valence-electron chi connectivity index (χ1n) is 6.27. The van der Waals surface area contributed by atoms with Crippen molar-refractivity contribution >= 4 is 11.3 Å². The second kappa shape index (κ2) is 5.21. The number of benzene rings is 1. The van der Waals surface area contributed by atoms with Gasteiger partial charge in [-0.1, -0.05) is 32.0 Å². The SMILES string of the molecule is Cc1cccc(C)c1C(N)c1nc(C(C)C)cs1. The molecule has 0 aliphatic carbocycles. The zero-order chi connectivity index (χ0) is 13.3. The molecule has 0 saturated heterocycles. The van der Waals surface area contributed by atoms with E-state index in [9.17, 15) is 0 Å². The van der Waals surface area contributed by atoms with Gasteiger partial charge in [-0.25, -0.2) is 4.98 Å². The molecule has 0 radical (unpaired) electrons. The van der Waals surface area contributed by atoms with Crippen LogP contribution in [0.4, 0.5) is 0 Å². The summed E-state index contributed by atoms with van der Waals surface area (Å²) >= 11 is 1.66. The molecule has 3 heteroatoms. The van der Waals surface area contributed by atoms with E-state index in [1.54, 1.807) is 11.3 Å². The molecule has 0 aliphatic rings. The topological polar surface area (TPSA) is 38.9 Å². The summed E-state index contributed by atoms with van der Waals surface area (Å²) in [5.41, 5.74) is 11.2. The van der Waals surface area contributed by atoms with Gasteiger partial charge in [0.1, 0.15) is 5.01 Å². The lowest BCUT2D eigenvalue weighted by atomic mass is 9.97. The third-order valence-electron chi connectivity index (χ3n) is 3.25. The molecule has 1 heterocycles.